The molecule has 0 bridgehead atoms. The minimum absolute atomic E-state index is 0.167. The monoisotopic (exact) mass is 258 g/mol. The predicted molar refractivity (Wildman–Crippen MR) is 72.1 cm³/mol. The van der Waals surface area contributed by atoms with Crippen molar-refractivity contribution in [1.29, 1.82) is 0 Å². The van der Waals surface area contributed by atoms with Crippen LogP contribution in [0.1, 0.15) is 26.3 Å². The molecule has 1 fully saturated rings. The Morgan fingerprint density at radius 1 is 1.26 bits per heavy atom. The van der Waals surface area contributed by atoms with Gasteiger partial charge in [-0.05, 0) is 26.8 Å². The minimum Gasteiger partial charge on any atom is -0.493 e. The number of fused-ring (bicyclic) bond motifs is 1. The number of ether oxygens (including phenoxy) is 1. The molecule has 0 N–H and O–H groups in total. The third kappa shape index (κ3) is 1.19. The average Bonchev–Trinajstić information content (AvgIpc) is 2.86. The number of hydrogen-bond acceptors (Lipinski definition) is 4. The number of aliphatic imine (C=N–C) groups is 1. The number of hydroxylamine groups is 2. The molecule has 1 saturated heterocycles. The zero-order valence-corrected chi connectivity index (χ0v) is 11.5. The van der Waals surface area contributed by atoms with Crippen LogP contribution in [0.4, 0.5) is 0 Å². The molecule has 100 valence electrons. The van der Waals surface area contributed by atoms with E-state index in [0.717, 1.165) is 17.0 Å². The average molecular weight is 258 g/mol. The van der Waals surface area contributed by atoms with Crippen LogP contribution >= 0.6 is 0 Å². The van der Waals surface area contributed by atoms with Crippen LogP contribution in [-0.4, -0.2) is 29.5 Å². The number of hydrogen-bond donors (Lipinski definition) is 0. The Bertz CT molecular complexity index is 581. The van der Waals surface area contributed by atoms with Crippen LogP contribution in [0.25, 0.3) is 0 Å². The van der Waals surface area contributed by atoms with Crippen LogP contribution in [-0.2, 0) is 10.5 Å². The Balaban J connectivity index is 1.98. The number of para-hydroxylation sites is 1. The first-order valence-electron chi connectivity index (χ1n) is 6.79. The van der Waals surface area contributed by atoms with Crippen molar-refractivity contribution < 1.29 is 9.57 Å². The van der Waals surface area contributed by atoms with Crippen LogP contribution in [0.5, 0.6) is 5.75 Å². The van der Waals surface area contributed by atoms with Gasteiger partial charge in [0.05, 0.1) is 24.7 Å². The van der Waals surface area contributed by atoms with Gasteiger partial charge >= 0.3 is 0 Å². The maximum absolute atomic E-state index is 6.00. The van der Waals surface area contributed by atoms with Crippen molar-refractivity contribution in [2.75, 3.05) is 13.2 Å². The summed E-state index contributed by atoms with van der Waals surface area (Å²) < 4.78 is 5.87. The van der Waals surface area contributed by atoms with E-state index in [0.29, 0.717) is 13.2 Å². The maximum atomic E-state index is 6.00. The van der Waals surface area contributed by atoms with Gasteiger partial charge in [-0.15, -0.1) is 5.06 Å². The third-order valence-electron chi connectivity index (χ3n) is 4.74. The number of benzene rings is 1. The smallest absolute Gasteiger partial charge is 0.173 e. The molecule has 4 nitrogen and oxygen atoms in total. The van der Waals surface area contributed by atoms with Gasteiger partial charge in [0, 0.05) is 11.3 Å². The molecule has 0 amide bonds. The Kier molecular flexibility index (Phi) is 2.03. The lowest BCUT2D eigenvalue weighted by Gasteiger charge is -2.41. The fraction of sp³-hybridized carbons (Fsp3) is 0.533. The van der Waals surface area contributed by atoms with Gasteiger partial charge in [-0.25, -0.2) is 0 Å². The molecule has 1 aromatic carbocycles. The van der Waals surface area contributed by atoms with Crippen LogP contribution in [0.2, 0.25) is 0 Å². The predicted octanol–water partition coefficient (Wildman–Crippen LogP) is 2.35. The molecular weight excluding hydrogens is 240 g/mol. The molecule has 1 spiro atoms. The second-order valence-electron chi connectivity index (χ2n) is 6.08. The summed E-state index contributed by atoms with van der Waals surface area (Å²) in [5.74, 6) is 1.20. The van der Waals surface area contributed by atoms with Crippen LogP contribution in [0, 0.1) is 5.92 Å². The summed E-state index contributed by atoms with van der Waals surface area (Å²) in [5.41, 5.74) is 1.70. The molecule has 4 rings (SSSR count). The van der Waals surface area contributed by atoms with E-state index < -0.39 is 0 Å². The molecule has 0 aliphatic carbocycles. The van der Waals surface area contributed by atoms with Crippen LogP contribution in [0.3, 0.4) is 0 Å². The van der Waals surface area contributed by atoms with Crippen molar-refractivity contribution in [3.63, 3.8) is 0 Å². The van der Waals surface area contributed by atoms with E-state index in [-0.39, 0.29) is 17.1 Å². The highest BCUT2D eigenvalue weighted by atomic mass is 16.7. The fourth-order valence-corrected chi connectivity index (χ4v) is 3.45. The Labute approximate surface area is 113 Å². The highest BCUT2D eigenvalue weighted by Gasteiger charge is 2.63. The first-order chi connectivity index (χ1) is 9.07. The molecule has 19 heavy (non-hydrogen) atoms. The first kappa shape index (κ1) is 11.4. The second kappa shape index (κ2) is 3.38. The van der Waals surface area contributed by atoms with Gasteiger partial charge in [-0.3, -0.25) is 9.83 Å². The van der Waals surface area contributed by atoms with E-state index in [4.69, 9.17) is 14.6 Å². The normalized spacial score (nSPS) is 35.1. The van der Waals surface area contributed by atoms with Gasteiger partial charge in [-0.1, -0.05) is 18.2 Å². The molecule has 3 heterocycles. The molecule has 2 atom stereocenters. The van der Waals surface area contributed by atoms with E-state index in [1.165, 1.54) is 0 Å². The fourth-order valence-electron chi connectivity index (χ4n) is 3.45. The summed E-state index contributed by atoms with van der Waals surface area (Å²) in [7, 11) is 0. The molecule has 0 saturated carbocycles. The first-order valence-corrected chi connectivity index (χ1v) is 6.79. The zero-order valence-electron chi connectivity index (χ0n) is 11.5. The van der Waals surface area contributed by atoms with Crippen molar-refractivity contribution in [2.45, 2.75) is 32.0 Å². The Morgan fingerprint density at radius 3 is 2.89 bits per heavy atom. The summed E-state index contributed by atoms with van der Waals surface area (Å²) in [6.07, 6.45) is 0. The summed E-state index contributed by atoms with van der Waals surface area (Å²) in [5, 5.41) is 2.08. The standard InChI is InChI=1S/C15H18N2O2/c1-10-14(2,3)17-15(16-10)11(9-19-17)8-18-13-7-5-4-6-12(13)15/h4-7,11H,8-9H2,1-3H3/t11-,15-/m0/s1. The number of rotatable bonds is 0. The van der Waals surface area contributed by atoms with E-state index >= 15 is 0 Å². The van der Waals surface area contributed by atoms with Crippen molar-refractivity contribution in [3.8, 4) is 5.75 Å². The summed E-state index contributed by atoms with van der Waals surface area (Å²) in [6, 6.07) is 8.19. The molecule has 0 unspecified atom stereocenters. The largest absolute Gasteiger partial charge is 0.493 e. The second-order valence-corrected chi connectivity index (χ2v) is 6.08. The Hall–Kier alpha value is -1.39. The van der Waals surface area contributed by atoms with E-state index in [9.17, 15) is 0 Å². The highest BCUT2D eigenvalue weighted by Crippen LogP contribution is 2.55. The van der Waals surface area contributed by atoms with E-state index in [1.54, 1.807) is 0 Å². The van der Waals surface area contributed by atoms with Gasteiger partial charge in [0.1, 0.15) is 5.75 Å². The summed E-state index contributed by atoms with van der Waals surface area (Å²) in [4.78, 5) is 11.0. The van der Waals surface area contributed by atoms with Crippen molar-refractivity contribution in [2.24, 2.45) is 10.9 Å². The van der Waals surface area contributed by atoms with Gasteiger partial charge < -0.3 is 4.74 Å². The van der Waals surface area contributed by atoms with E-state index in [1.807, 2.05) is 18.2 Å². The van der Waals surface area contributed by atoms with Crippen LogP contribution < -0.4 is 4.74 Å². The minimum atomic E-state index is -0.386. The SMILES string of the molecule is CC1=N[C@@]23c4ccccc4OC[C@H]2CON3C1(C)C. The van der Waals surface area contributed by atoms with Crippen molar-refractivity contribution >= 4 is 5.71 Å². The molecule has 4 heteroatoms. The molecule has 0 aromatic heterocycles. The molecular formula is C15H18N2O2. The van der Waals surface area contributed by atoms with Crippen molar-refractivity contribution in [3.05, 3.63) is 29.8 Å². The molecule has 0 radical (unpaired) electrons. The lowest BCUT2D eigenvalue weighted by Crippen LogP contribution is -2.52. The van der Waals surface area contributed by atoms with Gasteiger partial charge in [-0.2, -0.15) is 0 Å². The molecule has 1 aromatic rings. The summed E-state index contributed by atoms with van der Waals surface area (Å²) >= 11 is 0. The molecule has 3 aliphatic rings. The quantitative estimate of drug-likeness (QED) is 0.716. The van der Waals surface area contributed by atoms with E-state index in [2.05, 4.69) is 31.9 Å². The van der Waals surface area contributed by atoms with Crippen molar-refractivity contribution in [1.82, 2.24) is 5.06 Å². The topological polar surface area (TPSA) is 34.1 Å². The lowest BCUT2D eigenvalue weighted by molar-refractivity contribution is -0.196. The molecule has 3 aliphatic heterocycles. The zero-order chi connectivity index (χ0) is 13.3. The van der Waals surface area contributed by atoms with Crippen LogP contribution in [0.15, 0.2) is 29.3 Å². The highest BCUT2D eigenvalue weighted by molar-refractivity contribution is 5.93. The van der Waals surface area contributed by atoms with Gasteiger partial charge in [0.25, 0.3) is 0 Å². The summed E-state index contributed by atoms with van der Waals surface area (Å²) in [6.45, 7) is 7.77. The van der Waals surface area contributed by atoms with Gasteiger partial charge in [0.2, 0.25) is 0 Å². The van der Waals surface area contributed by atoms with Gasteiger partial charge in [0.15, 0.2) is 5.66 Å². The maximum Gasteiger partial charge on any atom is 0.173 e. The number of nitrogens with zero attached hydrogens (tertiary/aromatic N) is 2. The Morgan fingerprint density at radius 2 is 2.05 bits per heavy atom. The lowest BCUT2D eigenvalue weighted by atomic mass is 9.84. The third-order valence-corrected chi connectivity index (χ3v) is 4.74.